The fraction of sp³-hybridized carbons (Fsp3) is 0. The van der Waals surface area contributed by atoms with Crippen LogP contribution >= 0.6 is 0 Å². The molecule has 0 radical (unpaired) electrons. The van der Waals surface area contributed by atoms with E-state index in [1.165, 1.54) is 18.2 Å². The summed E-state index contributed by atoms with van der Waals surface area (Å²) >= 11 is 0. The third-order valence-electron chi connectivity index (χ3n) is 1.93. The third kappa shape index (κ3) is 1.57. The van der Waals surface area contributed by atoms with Gasteiger partial charge in [-0.15, -0.1) is 0 Å². The number of hydrogen-bond acceptors (Lipinski definition) is 2. The molecule has 3 heteroatoms. The molecule has 0 unspecified atom stereocenters. The number of halogens is 1. The zero-order chi connectivity index (χ0) is 9.97. The van der Waals surface area contributed by atoms with Gasteiger partial charge in [-0.05, 0) is 24.3 Å². The summed E-state index contributed by atoms with van der Waals surface area (Å²) in [5.41, 5.74) is 1.16. The van der Waals surface area contributed by atoms with E-state index in [0.717, 1.165) is 0 Å². The molecule has 0 aliphatic carbocycles. The summed E-state index contributed by atoms with van der Waals surface area (Å²) in [6.07, 6.45) is 3.20. The van der Waals surface area contributed by atoms with E-state index in [9.17, 15) is 9.50 Å². The van der Waals surface area contributed by atoms with E-state index in [2.05, 4.69) is 4.98 Å². The maximum absolute atomic E-state index is 12.9. The van der Waals surface area contributed by atoms with Crippen molar-refractivity contribution in [2.24, 2.45) is 0 Å². The number of phenolic OH excluding ortho intramolecular Hbond substituents is 1. The molecule has 14 heavy (non-hydrogen) atoms. The largest absolute Gasteiger partial charge is 0.507 e. The minimum atomic E-state index is -0.373. The summed E-state index contributed by atoms with van der Waals surface area (Å²) in [6, 6.07) is 7.33. The van der Waals surface area contributed by atoms with Crippen molar-refractivity contribution >= 4 is 0 Å². The molecule has 0 spiro atoms. The summed E-state index contributed by atoms with van der Waals surface area (Å²) in [4.78, 5) is 3.90. The Labute approximate surface area is 80.7 Å². The number of pyridine rings is 1. The lowest BCUT2D eigenvalue weighted by Crippen LogP contribution is -1.82. The van der Waals surface area contributed by atoms with Crippen molar-refractivity contribution in [3.05, 3.63) is 48.5 Å². The highest BCUT2D eigenvalue weighted by Gasteiger charge is 2.04. The van der Waals surface area contributed by atoms with Crippen molar-refractivity contribution in [1.82, 2.24) is 4.98 Å². The second kappa shape index (κ2) is 3.46. The molecular formula is C11H8FNO. The summed E-state index contributed by atoms with van der Waals surface area (Å²) < 4.78 is 12.9. The maximum Gasteiger partial charge on any atom is 0.124 e. The molecular weight excluding hydrogens is 181 g/mol. The van der Waals surface area contributed by atoms with E-state index in [1.807, 2.05) is 0 Å². The minimum absolute atomic E-state index is 0.0550. The average molecular weight is 189 g/mol. The molecule has 0 bridgehead atoms. The number of aromatic hydroxyl groups is 1. The van der Waals surface area contributed by atoms with E-state index in [1.54, 1.807) is 24.5 Å². The monoisotopic (exact) mass is 189 g/mol. The van der Waals surface area contributed by atoms with Gasteiger partial charge in [0.2, 0.25) is 0 Å². The van der Waals surface area contributed by atoms with Crippen molar-refractivity contribution in [3.63, 3.8) is 0 Å². The Morgan fingerprint density at radius 3 is 2.79 bits per heavy atom. The highest BCUT2D eigenvalue weighted by atomic mass is 19.1. The van der Waals surface area contributed by atoms with Crippen LogP contribution in [0.5, 0.6) is 5.75 Å². The third-order valence-corrected chi connectivity index (χ3v) is 1.93. The molecule has 2 nitrogen and oxygen atoms in total. The van der Waals surface area contributed by atoms with E-state index < -0.39 is 0 Å². The lowest BCUT2D eigenvalue weighted by Gasteiger charge is -2.03. The molecule has 0 saturated carbocycles. The first kappa shape index (κ1) is 8.69. The van der Waals surface area contributed by atoms with Gasteiger partial charge in [-0.25, -0.2) is 4.39 Å². The zero-order valence-corrected chi connectivity index (χ0v) is 7.31. The molecule has 1 aromatic heterocycles. The molecule has 1 aromatic carbocycles. The quantitative estimate of drug-likeness (QED) is 0.747. The molecule has 1 heterocycles. The number of rotatable bonds is 1. The van der Waals surface area contributed by atoms with Crippen LogP contribution in [-0.4, -0.2) is 10.1 Å². The Morgan fingerprint density at radius 1 is 1.21 bits per heavy atom. The highest BCUT2D eigenvalue weighted by molar-refractivity contribution is 5.69. The van der Waals surface area contributed by atoms with Crippen LogP contribution in [0.25, 0.3) is 11.1 Å². The topological polar surface area (TPSA) is 33.1 Å². The molecule has 2 aromatic rings. The first-order chi connectivity index (χ1) is 6.77. The van der Waals surface area contributed by atoms with Gasteiger partial charge < -0.3 is 5.11 Å². The number of aromatic nitrogens is 1. The smallest absolute Gasteiger partial charge is 0.124 e. The fourth-order valence-electron chi connectivity index (χ4n) is 1.26. The maximum atomic E-state index is 12.9. The van der Waals surface area contributed by atoms with E-state index in [0.29, 0.717) is 11.1 Å². The van der Waals surface area contributed by atoms with Crippen LogP contribution in [0.4, 0.5) is 4.39 Å². The predicted molar refractivity (Wildman–Crippen MR) is 51.3 cm³/mol. The summed E-state index contributed by atoms with van der Waals surface area (Å²) in [5.74, 6) is -0.318. The van der Waals surface area contributed by atoms with Gasteiger partial charge >= 0.3 is 0 Å². The Bertz CT molecular complexity index is 442. The Morgan fingerprint density at radius 2 is 2.07 bits per heavy atom. The Kier molecular flexibility index (Phi) is 2.14. The van der Waals surface area contributed by atoms with Crippen molar-refractivity contribution in [2.75, 3.05) is 0 Å². The standard InChI is InChI=1S/C11H8FNO/c12-9-3-4-11(14)10(6-9)8-2-1-5-13-7-8/h1-7,14H. The molecule has 0 saturated heterocycles. The summed E-state index contributed by atoms with van der Waals surface area (Å²) in [6.45, 7) is 0. The van der Waals surface area contributed by atoms with Crippen LogP contribution < -0.4 is 0 Å². The second-order valence-corrected chi connectivity index (χ2v) is 2.90. The van der Waals surface area contributed by atoms with Gasteiger partial charge in [-0.2, -0.15) is 0 Å². The lowest BCUT2D eigenvalue weighted by atomic mass is 10.1. The van der Waals surface area contributed by atoms with Gasteiger partial charge in [0, 0.05) is 23.5 Å². The first-order valence-corrected chi connectivity index (χ1v) is 4.16. The van der Waals surface area contributed by atoms with Gasteiger partial charge in [-0.3, -0.25) is 4.98 Å². The Hall–Kier alpha value is -1.90. The van der Waals surface area contributed by atoms with Gasteiger partial charge in [0.1, 0.15) is 11.6 Å². The number of phenols is 1. The molecule has 0 atom stereocenters. The lowest BCUT2D eigenvalue weighted by molar-refractivity contribution is 0.475. The normalized spacial score (nSPS) is 10.1. The Balaban J connectivity index is 2.57. The van der Waals surface area contributed by atoms with Crippen LogP contribution in [0.3, 0.4) is 0 Å². The molecule has 70 valence electrons. The van der Waals surface area contributed by atoms with Crippen LogP contribution in [0.2, 0.25) is 0 Å². The van der Waals surface area contributed by atoms with Crippen molar-refractivity contribution in [2.45, 2.75) is 0 Å². The number of nitrogens with zero attached hydrogens (tertiary/aromatic N) is 1. The van der Waals surface area contributed by atoms with E-state index in [4.69, 9.17) is 0 Å². The van der Waals surface area contributed by atoms with Gasteiger partial charge in [-0.1, -0.05) is 6.07 Å². The number of benzene rings is 1. The van der Waals surface area contributed by atoms with Crippen molar-refractivity contribution in [3.8, 4) is 16.9 Å². The van der Waals surface area contributed by atoms with Crippen molar-refractivity contribution < 1.29 is 9.50 Å². The van der Waals surface area contributed by atoms with E-state index >= 15 is 0 Å². The zero-order valence-electron chi connectivity index (χ0n) is 7.31. The van der Waals surface area contributed by atoms with Crippen LogP contribution in [-0.2, 0) is 0 Å². The minimum Gasteiger partial charge on any atom is -0.507 e. The predicted octanol–water partition coefficient (Wildman–Crippen LogP) is 2.59. The summed E-state index contributed by atoms with van der Waals surface area (Å²) in [7, 11) is 0. The molecule has 0 fully saturated rings. The van der Waals surface area contributed by atoms with Crippen LogP contribution in [0.1, 0.15) is 0 Å². The highest BCUT2D eigenvalue weighted by Crippen LogP contribution is 2.28. The first-order valence-electron chi connectivity index (χ1n) is 4.16. The van der Waals surface area contributed by atoms with Gasteiger partial charge in [0.15, 0.2) is 0 Å². The molecule has 0 amide bonds. The van der Waals surface area contributed by atoms with E-state index in [-0.39, 0.29) is 11.6 Å². The second-order valence-electron chi connectivity index (χ2n) is 2.90. The number of hydrogen-bond donors (Lipinski definition) is 1. The summed E-state index contributed by atoms with van der Waals surface area (Å²) in [5, 5.41) is 9.49. The average Bonchev–Trinajstić information content (AvgIpc) is 2.23. The molecule has 0 aliphatic rings. The molecule has 0 aliphatic heterocycles. The SMILES string of the molecule is Oc1ccc(F)cc1-c1cccnc1. The fourth-order valence-corrected chi connectivity index (χ4v) is 1.26. The van der Waals surface area contributed by atoms with Gasteiger partial charge in [0.05, 0.1) is 0 Å². The van der Waals surface area contributed by atoms with Crippen LogP contribution in [0, 0.1) is 5.82 Å². The molecule has 2 rings (SSSR count). The van der Waals surface area contributed by atoms with Crippen molar-refractivity contribution in [1.29, 1.82) is 0 Å². The molecule has 1 N–H and O–H groups in total. The van der Waals surface area contributed by atoms with Gasteiger partial charge in [0.25, 0.3) is 0 Å². The van der Waals surface area contributed by atoms with Crippen LogP contribution in [0.15, 0.2) is 42.7 Å².